The summed E-state index contributed by atoms with van der Waals surface area (Å²) in [5, 5.41) is 55.0. The topological polar surface area (TPSA) is 170 Å². The lowest BCUT2D eigenvalue weighted by Crippen LogP contribution is -2.50. The van der Waals surface area contributed by atoms with E-state index in [1.54, 1.807) is 54.6 Å². The number of anilines is 3. The van der Waals surface area contributed by atoms with Crippen molar-refractivity contribution in [3.63, 3.8) is 0 Å². The zero-order valence-corrected chi connectivity index (χ0v) is 60.3. The van der Waals surface area contributed by atoms with Crippen LogP contribution in [0.4, 0.5) is 30.2 Å². The highest BCUT2D eigenvalue weighted by Gasteiger charge is 2.35. The Morgan fingerprint density at radius 1 is 0.447 bits per heavy atom. The molecule has 13 rings (SSSR count). The molecule has 4 fully saturated rings. The molecule has 4 aliphatic heterocycles. The number of hydrogen-bond acceptors (Lipinski definition) is 15. The number of rotatable bonds is 22. The molecule has 0 radical (unpaired) electrons. The summed E-state index contributed by atoms with van der Waals surface area (Å²) < 4.78 is 60.5. The Morgan fingerprint density at radius 2 is 0.825 bits per heavy atom. The summed E-state index contributed by atoms with van der Waals surface area (Å²) >= 11 is 38.1. The van der Waals surface area contributed by atoms with Gasteiger partial charge >= 0.3 is 0 Å². The lowest BCUT2D eigenvalue weighted by atomic mass is 9.98. The molecule has 103 heavy (non-hydrogen) atoms. The van der Waals surface area contributed by atoms with Gasteiger partial charge in [-0.1, -0.05) is 150 Å². The fraction of sp³-hybridized carbons (Fsp3) is 0.316. The first-order valence-electron chi connectivity index (χ1n) is 33.5. The van der Waals surface area contributed by atoms with Crippen LogP contribution in [0.2, 0.25) is 30.1 Å². The number of hydrogen-bond donors (Lipinski definition) is 6. The van der Waals surface area contributed by atoms with Gasteiger partial charge in [-0.2, -0.15) is 0 Å². The zero-order chi connectivity index (χ0) is 72.1. The molecule has 9 aromatic rings. The van der Waals surface area contributed by atoms with Crippen LogP contribution in [-0.2, 0) is 4.74 Å². The van der Waals surface area contributed by atoms with Gasteiger partial charge in [0.2, 0.25) is 0 Å². The highest BCUT2D eigenvalue weighted by Crippen LogP contribution is 2.42. The molecule has 6 N–H and O–H groups in total. The molecule has 4 aliphatic rings. The fourth-order valence-electron chi connectivity index (χ4n) is 12.6. The minimum absolute atomic E-state index is 0. The predicted octanol–water partition coefficient (Wildman–Crippen LogP) is 16.2. The van der Waals surface area contributed by atoms with Crippen molar-refractivity contribution in [2.75, 3.05) is 133 Å². The number of aliphatic hydroxyl groups is 5. The van der Waals surface area contributed by atoms with Gasteiger partial charge in [0.1, 0.15) is 60.6 Å². The summed E-state index contributed by atoms with van der Waals surface area (Å²) in [5.41, 5.74) is 8.73. The second-order valence-corrected chi connectivity index (χ2v) is 27.0. The van der Waals surface area contributed by atoms with E-state index in [1.807, 2.05) is 97.1 Å². The summed E-state index contributed by atoms with van der Waals surface area (Å²) in [4.78, 5) is 11.2. The van der Waals surface area contributed by atoms with Crippen molar-refractivity contribution in [2.45, 2.75) is 43.8 Å². The third-order valence-electron chi connectivity index (χ3n) is 17.8. The van der Waals surface area contributed by atoms with E-state index in [-0.39, 0.29) is 101 Å². The normalized spacial score (nSPS) is 17.9. The monoisotopic (exact) mass is 1530 g/mol. The summed E-state index contributed by atoms with van der Waals surface area (Å²) in [6.45, 7) is 8.35. The van der Waals surface area contributed by atoms with Crippen LogP contribution in [0, 0.1) is 17.5 Å². The standard InChI is InChI=1S/2C26H27Cl2FN2O3.C18H20Cl2N2O2.C8H7FO.CH4/c27-20-5-1-18(2-6-20)25-16-30(26(17-33)19-3-7-21(29)8-4-19)11-12-31(25)24-10-9-22(15-23(24)28)34-14-13-32;27-20-5-1-18(2-6-20)25-16-30(17-26(33)19-3-7-21(29)8-4-19)11-12-31(25)24-10-9-22(15-23(24)28)34-14-13-32;19-14-3-1-13(2-4-14)18-12-21-7-8-22(18)17-6-5-15(11-16(17)20)24-10-9-23;9-7-3-1-6(2-4-7)8-5-10-8;/h2*1-10,15,25-26,32-33H,11-14,16-17H2;1-6,11,18,21,23H,7-10,12H2;1-4,8H,5H2;1H4/t25-,26-;25-,26+;18-;8-;/m0001./s1. The van der Waals surface area contributed by atoms with Crippen LogP contribution >= 0.6 is 69.6 Å². The van der Waals surface area contributed by atoms with Crippen molar-refractivity contribution in [1.82, 2.24) is 15.1 Å². The molecule has 0 bridgehead atoms. The van der Waals surface area contributed by atoms with Gasteiger partial charge in [0.15, 0.2) is 0 Å². The Kier molecular flexibility index (Phi) is 31.0. The minimum atomic E-state index is -0.718. The van der Waals surface area contributed by atoms with Crippen molar-refractivity contribution in [2.24, 2.45) is 0 Å². The lowest BCUT2D eigenvalue weighted by Gasteiger charge is -2.46. The first kappa shape index (κ1) is 80.1. The van der Waals surface area contributed by atoms with Gasteiger partial charge in [-0.3, -0.25) is 9.80 Å². The number of ether oxygens (including phenoxy) is 4. The molecule has 0 amide bonds. The molecule has 4 heterocycles. The van der Waals surface area contributed by atoms with Crippen molar-refractivity contribution in [3.05, 3.63) is 281 Å². The van der Waals surface area contributed by atoms with E-state index >= 15 is 0 Å². The van der Waals surface area contributed by atoms with Crippen molar-refractivity contribution in [1.29, 1.82) is 0 Å². The van der Waals surface area contributed by atoms with Gasteiger partial charge in [-0.25, -0.2) is 13.2 Å². The molecule has 9 aromatic carbocycles. The Balaban J connectivity index is 0.000000169. The molecule has 0 aromatic heterocycles. The minimum Gasteiger partial charge on any atom is -0.491 e. The SMILES string of the molecule is C.Fc1ccc([C@H]2CO2)cc1.OCCOc1ccc(N2CCN(C[C@@H](O)c3ccc(F)cc3)C[C@H]2c2ccc(Cl)cc2)c(Cl)c1.OCCOc1ccc(N2CCN([C@@H](CO)c3ccc(F)cc3)C[C@H]2c2ccc(Cl)cc2)c(Cl)c1.OCCOc1ccc(N2CCNC[C@H]2c2ccc(Cl)cc2)c(Cl)c1. The zero-order valence-electron chi connectivity index (χ0n) is 55.8. The van der Waals surface area contributed by atoms with Gasteiger partial charge < -0.3 is 64.5 Å². The number of epoxide rings is 1. The third kappa shape index (κ3) is 22.7. The van der Waals surface area contributed by atoms with Crippen molar-refractivity contribution < 1.29 is 57.7 Å². The van der Waals surface area contributed by atoms with E-state index in [1.165, 1.54) is 42.0 Å². The maximum atomic E-state index is 13.5. The molecule has 4 saturated heterocycles. The van der Waals surface area contributed by atoms with Crippen LogP contribution in [0.5, 0.6) is 17.2 Å². The summed E-state index contributed by atoms with van der Waals surface area (Å²) in [5.74, 6) is 1.05. The van der Waals surface area contributed by atoms with Gasteiger partial charge in [-0.05, 0) is 143 Å². The van der Waals surface area contributed by atoms with Gasteiger partial charge in [0.25, 0.3) is 0 Å². The average Bonchev–Trinajstić information content (AvgIpc) is 1.38. The second kappa shape index (κ2) is 39.9. The summed E-state index contributed by atoms with van der Waals surface area (Å²) in [6.07, 6.45) is -0.481. The molecule has 15 nitrogen and oxygen atoms in total. The van der Waals surface area contributed by atoms with E-state index in [2.05, 4.69) is 41.9 Å². The molecule has 24 heteroatoms. The summed E-state index contributed by atoms with van der Waals surface area (Å²) in [6, 6.07) is 58.7. The predicted molar refractivity (Wildman–Crippen MR) is 407 cm³/mol. The number of nitrogens with zero attached hydrogens (tertiary/aromatic N) is 5. The van der Waals surface area contributed by atoms with Crippen LogP contribution in [0.15, 0.2) is 200 Å². The van der Waals surface area contributed by atoms with Gasteiger partial charge in [0.05, 0.1) is 95.4 Å². The molecule has 0 aliphatic carbocycles. The van der Waals surface area contributed by atoms with E-state index < -0.39 is 6.10 Å². The largest absolute Gasteiger partial charge is 0.491 e. The Morgan fingerprint density at radius 3 is 1.23 bits per heavy atom. The number of halogens is 9. The average molecular weight is 1530 g/mol. The van der Waals surface area contributed by atoms with E-state index in [0.717, 1.165) is 77.1 Å². The number of nitrogens with one attached hydrogen (secondary N) is 1. The van der Waals surface area contributed by atoms with Gasteiger partial charge in [-0.15, -0.1) is 0 Å². The molecule has 6 atom stereocenters. The van der Waals surface area contributed by atoms with E-state index in [4.69, 9.17) is 104 Å². The molecule has 0 spiro atoms. The van der Waals surface area contributed by atoms with E-state index in [9.17, 15) is 23.4 Å². The van der Waals surface area contributed by atoms with Gasteiger partial charge in [0, 0.05) is 98.7 Å². The van der Waals surface area contributed by atoms with E-state index in [0.29, 0.717) is 87.2 Å². The highest BCUT2D eigenvalue weighted by atomic mass is 35.5. The molecule has 0 unspecified atom stereocenters. The van der Waals surface area contributed by atoms with Crippen LogP contribution in [-0.4, -0.2) is 154 Å². The maximum absolute atomic E-state index is 13.5. The number of aliphatic hydroxyl groups excluding tert-OH is 5. The maximum Gasteiger partial charge on any atom is 0.123 e. The molecular formula is C79H85Cl6F3N6O9. The first-order valence-corrected chi connectivity index (χ1v) is 35.8. The Labute approximate surface area is 630 Å². The first-order chi connectivity index (χ1) is 49.5. The molecule has 0 saturated carbocycles. The third-order valence-corrected chi connectivity index (χ3v) is 19.4. The van der Waals surface area contributed by atoms with Crippen molar-refractivity contribution in [3.8, 4) is 17.2 Å². The van der Waals surface area contributed by atoms with Crippen LogP contribution in [0.25, 0.3) is 0 Å². The summed E-state index contributed by atoms with van der Waals surface area (Å²) in [7, 11) is 0. The Hall–Kier alpha value is -7.05. The Bertz CT molecular complexity index is 4050. The fourth-order valence-corrected chi connectivity index (χ4v) is 13.8. The molecular weight excluding hydrogens is 1450 g/mol. The van der Waals surface area contributed by atoms with Crippen LogP contribution in [0.1, 0.15) is 77.2 Å². The highest BCUT2D eigenvalue weighted by molar-refractivity contribution is 6.34. The smallest absolute Gasteiger partial charge is 0.123 e. The number of β-amino-alcohol motifs (C(OH)–C–C–N with tert-alkyl or cyclic N) is 1. The second-order valence-electron chi connectivity index (χ2n) is 24.5. The lowest BCUT2D eigenvalue weighted by molar-refractivity contribution is 0.100. The number of piperazine rings is 3. The quantitative estimate of drug-likeness (QED) is 0.0354. The van der Waals surface area contributed by atoms with Crippen molar-refractivity contribution >= 4 is 86.7 Å². The van der Waals surface area contributed by atoms with Crippen LogP contribution < -0.4 is 34.2 Å². The van der Waals surface area contributed by atoms with Crippen LogP contribution in [0.3, 0.4) is 0 Å². The number of benzene rings is 9. The molecule has 548 valence electrons.